The van der Waals surface area contributed by atoms with Gasteiger partial charge < -0.3 is 14.2 Å². The van der Waals surface area contributed by atoms with Crippen molar-refractivity contribution in [1.82, 2.24) is 0 Å². The van der Waals surface area contributed by atoms with Crippen LogP contribution in [0.3, 0.4) is 0 Å². The standard InChI is InChI=1S/C19H13Cl2NO4/c1-24-15-8-11(9-16-19(15)26-6-5-25-16)7-12(10-22)18(23)17-13(20)3-2-4-14(17)21/h2-4,7-9H,5-6H2,1H3/b12-7+. The number of benzene rings is 2. The van der Waals surface area contributed by atoms with Crippen molar-refractivity contribution in [2.45, 2.75) is 0 Å². The van der Waals surface area contributed by atoms with Crippen LogP contribution in [-0.2, 0) is 0 Å². The van der Waals surface area contributed by atoms with Gasteiger partial charge in [0.15, 0.2) is 11.5 Å². The first kappa shape index (κ1) is 18.1. The van der Waals surface area contributed by atoms with Crippen LogP contribution in [0.2, 0.25) is 10.0 Å². The molecule has 3 rings (SSSR count). The first-order valence-electron chi connectivity index (χ1n) is 7.63. The zero-order valence-corrected chi connectivity index (χ0v) is 15.2. The summed E-state index contributed by atoms with van der Waals surface area (Å²) in [6.45, 7) is 0.827. The summed E-state index contributed by atoms with van der Waals surface area (Å²) in [6.07, 6.45) is 1.43. The number of ether oxygens (including phenoxy) is 3. The van der Waals surface area contributed by atoms with E-state index in [1.807, 2.05) is 6.07 Å². The van der Waals surface area contributed by atoms with Gasteiger partial charge in [0, 0.05) is 0 Å². The monoisotopic (exact) mass is 389 g/mol. The molecule has 7 heteroatoms. The van der Waals surface area contributed by atoms with Gasteiger partial charge in [-0.1, -0.05) is 29.3 Å². The Morgan fingerprint density at radius 1 is 1.23 bits per heavy atom. The van der Waals surface area contributed by atoms with E-state index in [9.17, 15) is 10.1 Å². The Morgan fingerprint density at radius 2 is 1.92 bits per heavy atom. The van der Waals surface area contributed by atoms with E-state index < -0.39 is 5.78 Å². The third kappa shape index (κ3) is 3.48. The van der Waals surface area contributed by atoms with Gasteiger partial charge in [0.25, 0.3) is 0 Å². The van der Waals surface area contributed by atoms with E-state index in [4.69, 9.17) is 37.4 Å². The van der Waals surface area contributed by atoms with Crippen LogP contribution in [0, 0.1) is 11.3 Å². The van der Waals surface area contributed by atoms with Crippen molar-refractivity contribution in [3.63, 3.8) is 0 Å². The molecule has 132 valence electrons. The average molecular weight is 390 g/mol. The van der Waals surface area contributed by atoms with Gasteiger partial charge in [-0.05, 0) is 35.9 Å². The predicted molar refractivity (Wildman–Crippen MR) is 98.4 cm³/mol. The van der Waals surface area contributed by atoms with Crippen molar-refractivity contribution in [2.24, 2.45) is 0 Å². The number of allylic oxidation sites excluding steroid dienone is 1. The molecule has 2 aromatic rings. The minimum Gasteiger partial charge on any atom is -0.493 e. The molecule has 0 unspecified atom stereocenters. The number of rotatable bonds is 4. The first-order chi connectivity index (χ1) is 12.5. The highest BCUT2D eigenvalue weighted by Crippen LogP contribution is 2.41. The SMILES string of the molecule is COc1cc(/C=C(\C#N)C(=O)c2c(Cl)cccc2Cl)cc2c1OCCO2. The Balaban J connectivity index is 2.05. The first-order valence-corrected chi connectivity index (χ1v) is 8.39. The molecule has 0 spiro atoms. The number of carbonyl (C=O) groups excluding carboxylic acids is 1. The molecule has 0 saturated heterocycles. The molecule has 2 aromatic carbocycles. The van der Waals surface area contributed by atoms with Gasteiger partial charge in [-0.15, -0.1) is 0 Å². The maximum Gasteiger partial charge on any atom is 0.206 e. The van der Waals surface area contributed by atoms with Crippen LogP contribution in [-0.4, -0.2) is 26.1 Å². The molecule has 5 nitrogen and oxygen atoms in total. The Morgan fingerprint density at radius 3 is 2.58 bits per heavy atom. The van der Waals surface area contributed by atoms with E-state index in [1.165, 1.54) is 13.2 Å². The van der Waals surface area contributed by atoms with Crippen LogP contribution < -0.4 is 14.2 Å². The van der Waals surface area contributed by atoms with Gasteiger partial charge in [0.2, 0.25) is 11.5 Å². The highest BCUT2D eigenvalue weighted by molar-refractivity contribution is 6.41. The summed E-state index contributed by atoms with van der Waals surface area (Å²) >= 11 is 12.1. The maximum absolute atomic E-state index is 12.7. The zero-order chi connectivity index (χ0) is 18.7. The van der Waals surface area contributed by atoms with E-state index >= 15 is 0 Å². The third-order valence-corrected chi connectivity index (χ3v) is 4.35. The molecule has 1 aliphatic heterocycles. The fraction of sp³-hybridized carbons (Fsp3) is 0.158. The number of hydrogen-bond donors (Lipinski definition) is 0. The number of hydrogen-bond acceptors (Lipinski definition) is 5. The number of halogens is 2. The van der Waals surface area contributed by atoms with E-state index in [0.29, 0.717) is 36.0 Å². The lowest BCUT2D eigenvalue weighted by atomic mass is 10.0. The zero-order valence-electron chi connectivity index (χ0n) is 13.7. The van der Waals surface area contributed by atoms with Crippen LogP contribution in [0.1, 0.15) is 15.9 Å². The molecule has 26 heavy (non-hydrogen) atoms. The molecule has 0 N–H and O–H groups in total. The summed E-state index contributed by atoms with van der Waals surface area (Å²) in [6, 6.07) is 9.95. The number of carbonyl (C=O) groups is 1. The lowest BCUT2D eigenvalue weighted by molar-refractivity contribution is 0.104. The molecule has 1 aliphatic rings. The van der Waals surface area contributed by atoms with Crippen LogP contribution in [0.25, 0.3) is 6.08 Å². The second-order valence-corrected chi connectivity index (χ2v) is 6.16. The summed E-state index contributed by atoms with van der Waals surface area (Å²) < 4.78 is 16.4. The Hall–Kier alpha value is -2.68. The average Bonchev–Trinajstić information content (AvgIpc) is 2.65. The van der Waals surface area contributed by atoms with Gasteiger partial charge in [0.1, 0.15) is 24.9 Å². The fourth-order valence-electron chi connectivity index (χ4n) is 2.54. The molecule has 0 bridgehead atoms. The molecule has 0 amide bonds. The van der Waals surface area contributed by atoms with E-state index in [2.05, 4.69) is 0 Å². The molecule has 0 fully saturated rings. The number of fused-ring (bicyclic) bond motifs is 1. The van der Waals surface area contributed by atoms with Crippen LogP contribution in [0.15, 0.2) is 35.9 Å². The lowest BCUT2D eigenvalue weighted by Gasteiger charge is -2.21. The van der Waals surface area contributed by atoms with Crippen LogP contribution >= 0.6 is 23.2 Å². The number of Topliss-reactive ketones (excluding diaryl/α,β-unsaturated/α-hetero) is 1. The molecule has 0 saturated carbocycles. The minimum atomic E-state index is -0.558. The van der Waals surface area contributed by atoms with Gasteiger partial charge in [-0.25, -0.2) is 0 Å². The van der Waals surface area contributed by atoms with Gasteiger partial charge in [-0.2, -0.15) is 5.26 Å². The number of methoxy groups -OCH3 is 1. The van der Waals surface area contributed by atoms with Crippen LogP contribution in [0.5, 0.6) is 17.2 Å². The van der Waals surface area contributed by atoms with Gasteiger partial charge in [-0.3, -0.25) is 4.79 Å². The Labute approximate surface area is 160 Å². The normalized spacial score (nSPS) is 13.1. The summed E-state index contributed by atoms with van der Waals surface area (Å²) in [7, 11) is 1.50. The molecule has 0 radical (unpaired) electrons. The van der Waals surface area contributed by atoms with Crippen molar-refractivity contribution in [1.29, 1.82) is 5.26 Å². The molecular weight excluding hydrogens is 377 g/mol. The summed E-state index contributed by atoms with van der Waals surface area (Å²) in [5.41, 5.74) is 0.533. The largest absolute Gasteiger partial charge is 0.493 e. The second-order valence-electron chi connectivity index (χ2n) is 5.34. The summed E-state index contributed by atoms with van der Waals surface area (Å²) in [4.78, 5) is 12.7. The maximum atomic E-state index is 12.7. The van der Waals surface area contributed by atoms with Gasteiger partial charge >= 0.3 is 0 Å². The predicted octanol–water partition coefficient (Wildman–Crippen LogP) is 4.56. The molecule has 0 atom stereocenters. The van der Waals surface area contributed by atoms with E-state index in [0.717, 1.165) is 0 Å². The minimum absolute atomic E-state index is 0.0909. The Bertz CT molecular complexity index is 910. The van der Waals surface area contributed by atoms with Crippen molar-refractivity contribution < 1.29 is 19.0 Å². The Kier molecular flexibility index (Phi) is 5.36. The molecular formula is C19H13Cl2NO4. The molecule has 1 heterocycles. The van der Waals surface area contributed by atoms with Crippen molar-refractivity contribution >= 4 is 35.1 Å². The highest BCUT2D eigenvalue weighted by Gasteiger charge is 2.21. The van der Waals surface area contributed by atoms with Crippen molar-refractivity contribution in [2.75, 3.05) is 20.3 Å². The summed E-state index contributed by atoms with van der Waals surface area (Å²) in [5, 5.41) is 9.82. The number of nitriles is 1. The van der Waals surface area contributed by atoms with Crippen molar-refractivity contribution in [3.8, 4) is 23.3 Å². The van der Waals surface area contributed by atoms with Crippen molar-refractivity contribution in [3.05, 3.63) is 57.1 Å². The van der Waals surface area contributed by atoms with Crippen LogP contribution in [0.4, 0.5) is 0 Å². The third-order valence-electron chi connectivity index (χ3n) is 3.72. The second kappa shape index (κ2) is 7.69. The molecule has 0 aromatic heterocycles. The highest BCUT2D eigenvalue weighted by atomic mass is 35.5. The quantitative estimate of drug-likeness (QED) is 0.435. The van der Waals surface area contributed by atoms with E-state index in [-0.39, 0.29) is 21.2 Å². The molecule has 0 aliphatic carbocycles. The van der Waals surface area contributed by atoms with E-state index in [1.54, 1.807) is 30.3 Å². The lowest BCUT2D eigenvalue weighted by Crippen LogP contribution is -2.16. The number of nitrogens with zero attached hydrogens (tertiary/aromatic N) is 1. The topological polar surface area (TPSA) is 68.5 Å². The summed E-state index contributed by atoms with van der Waals surface area (Å²) in [5.74, 6) is 0.878. The smallest absolute Gasteiger partial charge is 0.206 e. The van der Waals surface area contributed by atoms with Gasteiger partial charge in [0.05, 0.1) is 22.7 Å². The number of ketones is 1. The fourth-order valence-corrected chi connectivity index (χ4v) is 3.11.